The quantitative estimate of drug-likeness (QED) is 0.104. The molecule has 0 unspecified atom stereocenters. The number of esters is 2. The topological polar surface area (TPSA) is 137 Å². The molecule has 0 aromatic rings. The van der Waals surface area contributed by atoms with Crippen molar-refractivity contribution >= 4 is 28.6 Å². The first kappa shape index (κ1) is 50.5. The summed E-state index contributed by atoms with van der Waals surface area (Å²) in [5.41, 5.74) is 0.0383. The maximum absolute atomic E-state index is 13.7. The molecular formula is C52H78O10Si2. The molecule has 6 rings (SSSR count). The van der Waals surface area contributed by atoms with Crippen LogP contribution in [0.15, 0.2) is 93.6 Å². The van der Waals surface area contributed by atoms with Crippen molar-refractivity contribution in [1.29, 1.82) is 0 Å². The number of aliphatic hydroxyl groups excluding tert-OH is 2. The number of aliphatic hydroxyl groups is 2. The summed E-state index contributed by atoms with van der Waals surface area (Å²) in [6.45, 7) is 38.8. The molecule has 4 heterocycles. The van der Waals surface area contributed by atoms with Crippen LogP contribution in [0.2, 0.25) is 36.3 Å². The van der Waals surface area contributed by atoms with Gasteiger partial charge in [-0.2, -0.15) is 0 Å². The molecule has 4 fully saturated rings. The van der Waals surface area contributed by atoms with Gasteiger partial charge in [0.25, 0.3) is 0 Å². The Morgan fingerprint density at radius 1 is 0.641 bits per heavy atom. The predicted molar refractivity (Wildman–Crippen MR) is 257 cm³/mol. The second-order valence-corrected chi connectivity index (χ2v) is 33.5. The largest absolute Gasteiger partial charge is 0.422 e. The lowest BCUT2D eigenvalue weighted by Crippen LogP contribution is -2.51. The molecule has 0 radical (unpaired) electrons. The van der Waals surface area contributed by atoms with Gasteiger partial charge in [-0.05, 0) is 124 Å². The Bertz CT molecular complexity index is 2050. The minimum atomic E-state index is -2.01. The maximum Gasteiger partial charge on any atom is 0.343 e. The number of carbonyl (C=O) groups is 2. The van der Waals surface area contributed by atoms with Gasteiger partial charge in [0.15, 0.2) is 16.6 Å². The lowest BCUT2D eigenvalue weighted by Gasteiger charge is -2.45. The molecule has 0 aromatic heterocycles. The fourth-order valence-corrected chi connectivity index (χ4v) is 13.3. The van der Waals surface area contributed by atoms with E-state index in [1.807, 2.05) is 12.2 Å². The minimum absolute atomic E-state index is 0.0664. The number of allylic oxidation sites excluding steroid dienone is 6. The van der Waals surface area contributed by atoms with E-state index in [4.69, 9.17) is 27.8 Å². The fourth-order valence-electron chi connectivity index (χ4n) is 10.6. The molecule has 2 saturated heterocycles. The number of ether oxygens (including phenoxy) is 4. The molecule has 0 amide bonds. The first-order chi connectivity index (χ1) is 29.1. The molecule has 354 valence electrons. The van der Waals surface area contributed by atoms with Crippen LogP contribution >= 0.6 is 0 Å². The summed E-state index contributed by atoms with van der Waals surface area (Å²) in [5, 5.41) is 20.4. The SMILES string of the molecule is CC(=C\CO)/C(=C1C=C(/C=C/[C@@]23O[C@]2(C)C[C@@H](O[Si](C)(C)C(C)(C)C)CC3(C)C)C(=O)O/1)C(/C(C)=C/CO)=C1C=C(/C=C/[C@@]23O[C@]2(C)C[C@@H](O[Si](C)(C)C(C)(C)C)CC3(C)C)C(=O)O\1. The third kappa shape index (κ3) is 8.72. The zero-order valence-electron chi connectivity index (χ0n) is 42.2. The summed E-state index contributed by atoms with van der Waals surface area (Å²) in [7, 11) is -4.03. The molecule has 6 aliphatic rings. The summed E-state index contributed by atoms with van der Waals surface area (Å²) < 4.78 is 39.2. The standard InChI is InChI=1S/C52H78O10Si2/c1-33(21-25-53)41(39-27-35(43(55)57-39)19-23-51-47(9,10)29-37(31-49(51,13)61-51)59-63(15,16)45(3,4)5)42(34(2)22-26-54)40-28-36(44(56)58-40)20-24-52-48(11,12)30-38(32-50(52,14)62-52)60-64(17,18)46(6,7)8/h19-24,27-28,37-38,53-54H,25-26,29-32H2,1-18H3/b23-19+,24-20+,33-21+,34-22+,41-39+,42-40+/t37-,38-,49+,50+,51-,52-/m0/s1. The van der Waals surface area contributed by atoms with Crippen molar-refractivity contribution in [3.8, 4) is 0 Å². The number of hydrogen-bond acceptors (Lipinski definition) is 10. The highest BCUT2D eigenvalue weighted by Gasteiger charge is 2.76. The molecule has 0 aromatic carbocycles. The van der Waals surface area contributed by atoms with Crippen molar-refractivity contribution in [2.75, 3.05) is 13.2 Å². The maximum atomic E-state index is 13.7. The molecule has 10 nitrogen and oxygen atoms in total. The lowest BCUT2D eigenvalue weighted by molar-refractivity contribution is -0.134. The third-order valence-corrected chi connectivity index (χ3v) is 25.4. The van der Waals surface area contributed by atoms with Gasteiger partial charge in [0.05, 0.1) is 24.4 Å². The lowest BCUT2D eigenvalue weighted by atomic mass is 9.63. The van der Waals surface area contributed by atoms with Crippen LogP contribution in [0.3, 0.4) is 0 Å². The molecule has 12 heteroatoms. The number of carbonyl (C=O) groups excluding carboxylic acids is 2. The smallest absolute Gasteiger partial charge is 0.343 e. The van der Waals surface area contributed by atoms with Crippen LogP contribution in [-0.4, -0.2) is 86.6 Å². The normalized spacial score (nSPS) is 34.6. The van der Waals surface area contributed by atoms with Crippen LogP contribution in [0.25, 0.3) is 0 Å². The second kappa shape index (κ2) is 16.4. The van der Waals surface area contributed by atoms with E-state index in [2.05, 4.69) is 109 Å². The Hall–Kier alpha value is -2.95. The van der Waals surface area contributed by atoms with Crippen molar-refractivity contribution in [2.24, 2.45) is 10.8 Å². The summed E-state index contributed by atoms with van der Waals surface area (Å²) in [6.07, 6.45) is 17.5. The van der Waals surface area contributed by atoms with Crippen molar-refractivity contribution in [3.63, 3.8) is 0 Å². The predicted octanol–water partition coefficient (Wildman–Crippen LogP) is 10.9. The highest BCUT2D eigenvalue weighted by molar-refractivity contribution is 6.74. The monoisotopic (exact) mass is 919 g/mol. The molecule has 64 heavy (non-hydrogen) atoms. The number of epoxide rings is 2. The Labute approximate surface area is 385 Å². The molecule has 2 saturated carbocycles. The van der Waals surface area contributed by atoms with E-state index in [9.17, 15) is 19.8 Å². The van der Waals surface area contributed by atoms with Crippen molar-refractivity contribution in [1.82, 2.24) is 0 Å². The fraction of sp³-hybridized carbons (Fsp3) is 0.654. The molecule has 2 N–H and O–H groups in total. The summed E-state index contributed by atoms with van der Waals surface area (Å²) >= 11 is 0. The van der Waals surface area contributed by atoms with Crippen LogP contribution in [0.1, 0.15) is 123 Å². The summed E-state index contributed by atoms with van der Waals surface area (Å²) in [5.74, 6) is -0.616. The molecule has 0 bridgehead atoms. The van der Waals surface area contributed by atoms with Crippen molar-refractivity contribution < 1.29 is 47.6 Å². The van der Waals surface area contributed by atoms with Crippen LogP contribution in [0.5, 0.6) is 0 Å². The Balaban J connectivity index is 1.33. The van der Waals surface area contributed by atoms with E-state index < -0.39 is 51.0 Å². The van der Waals surface area contributed by atoms with Gasteiger partial charge >= 0.3 is 11.9 Å². The highest BCUT2D eigenvalue weighted by Crippen LogP contribution is 2.68. The zero-order chi connectivity index (χ0) is 48.1. The van der Waals surface area contributed by atoms with Gasteiger partial charge in [0.1, 0.15) is 33.9 Å². The van der Waals surface area contributed by atoms with E-state index >= 15 is 0 Å². The van der Waals surface area contributed by atoms with Crippen LogP contribution in [0, 0.1) is 10.8 Å². The number of fused-ring (bicyclic) bond motifs is 2. The Kier molecular flexibility index (Phi) is 12.9. The Morgan fingerprint density at radius 2 is 0.969 bits per heavy atom. The first-order valence-electron chi connectivity index (χ1n) is 23.2. The molecule has 4 aliphatic heterocycles. The van der Waals surface area contributed by atoms with Gasteiger partial charge in [-0.1, -0.05) is 81.4 Å². The third-order valence-electron chi connectivity index (χ3n) is 16.3. The summed E-state index contributed by atoms with van der Waals surface area (Å²) in [4.78, 5) is 27.5. The summed E-state index contributed by atoms with van der Waals surface area (Å²) in [6, 6.07) is 0. The Morgan fingerprint density at radius 3 is 1.25 bits per heavy atom. The molecule has 0 spiro atoms. The van der Waals surface area contributed by atoms with Gasteiger partial charge in [-0.3, -0.25) is 0 Å². The molecule has 6 atom stereocenters. The highest BCUT2D eigenvalue weighted by atomic mass is 28.4. The van der Waals surface area contributed by atoms with Crippen molar-refractivity contribution in [3.05, 3.63) is 93.6 Å². The van der Waals surface area contributed by atoms with Gasteiger partial charge in [-0.15, -0.1) is 0 Å². The minimum Gasteiger partial charge on any atom is -0.422 e. The number of rotatable bonds is 13. The van der Waals surface area contributed by atoms with E-state index in [1.54, 1.807) is 50.3 Å². The van der Waals surface area contributed by atoms with Crippen LogP contribution in [0.4, 0.5) is 0 Å². The molecule has 2 aliphatic carbocycles. The van der Waals surface area contributed by atoms with Gasteiger partial charge in [-0.25, -0.2) is 9.59 Å². The molecular weight excluding hydrogens is 841 g/mol. The first-order valence-corrected chi connectivity index (χ1v) is 29.0. The van der Waals surface area contributed by atoms with Crippen LogP contribution in [-0.2, 0) is 37.4 Å². The van der Waals surface area contributed by atoms with Crippen molar-refractivity contribution in [2.45, 2.75) is 193 Å². The zero-order valence-corrected chi connectivity index (χ0v) is 44.2. The second-order valence-electron chi connectivity index (χ2n) is 24.0. The van der Waals surface area contributed by atoms with E-state index in [0.29, 0.717) is 33.4 Å². The van der Waals surface area contributed by atoms with Crippen LogP contribution < -0.4 is 0 Å². The van der Waals surface area contributed by atoms with Gasteiger partial charge in [0, 0.05) is 47.0 Å². The number of cyclic esters (lactones) is 2. The van der Waals surface area contributed by atoms with E-state index in [1.165, 1.54) is 0 Å². The van der Waals surface area contributed by atoms with E-state index in [0.717, 1.165) is 25.7 Å². The van der Waals surface area contributed by atoms with Gasteiger partial charge in [0.2, 0.25) is 0 Å². The average molecular weight is 919 g/mol. The van der Waals surface area contributed by atoms with E-state index in [-0.39, 0.29) is 57.8 Å². The van der Waals surface area contributed by atoms with Gasteiger partial charge < -0.3 is 38.0 Å². The average Bonchev–Trinajstić information content (AvgIpc) is 3.80. The number of hydrogen-bond donors (Lipinski definition) is 2.